The van der Waals surface area contributed by atoms with Gasteiger partial charge in [-0.2, -0.15) is 0 Å². The van der Waals surface area contributed by atoms with Crippen molar-refractivity contribution in [2.45, 2.75) is 12.8 Å². The first-order chi connectivity index (χ1) is 12.0. The van der Waals surface area contributed by atoms with E-state index in [0.717, 1.165) is 12.8 Å². The van der Waals surface area contributed by atoms with E-state index in [0.29, 0.717) is 29.4 Å². The Morgan fingerprint density at radius 1 is 1.08 bits per heavy atom. The molecule has 0 radical (unpaired) electrons. The summed E-state index contributed by atoms with van der Waals surface area (Å²) in [4.78, 5) is 26.7. The molecule has 130 valence electrons. The van der Waals surface area contributed by atoms with Gasteiger partial charge in [0.15, 0.2) is 0 Å². The summed E-state index contributed by atoms with van der Waals surface area (Å²) in [5.41, 5.74) is 1.11. The summed E-state index contributed by atoms with van der Waals surface area (Å²) in [5.74, 6) is -0.887. The minimum absolute atomic E-state index is 0.101. The van der Waals surface area contributed by atoms with Gasteiger partial charge in [0.1, 0.15) is 5.82 Å². The fourth-order valence-electron chi connectivity index (χ4n) is 2.93. The van der Waals surface area contributed by atoms with Crippen molar-refractivity contribution in [1.29, 1.82) is 0 Å². The maximum absolute atomic E-state index is 12.9. The zero-order valence-corrected chi connectivity index (χ0v) is 14.3. The fourth-order valence-corrected chi connectivity index (χ4v) is 3.05. The second-order valence-electron chi connectivity index (χ2n) is 6.09. The summed E-state index contributed by atoms with van der Waals surface area (Å²) in [5, 5.41) is 3.36. The van der Waals surface area contributed by atoms with Gasteiger partial charge >= 0.3 is 0 Å². The number of halogens is 2. The number of anilines is 1. The molecular weight excluding hydrogens is 343 g/mol. The molecule has 0 aromatic heterocycles. The van der Waals surface area contributed by atoms with Crippen LogP contribution in [0.3, 0.4) is 0 Å². The Kier molecular flexibility index (Phi) is 5.34. The maximum Gasteiger partial charge on any atom is 0.253 e. The van der Waals surface area contributed by atoms with E-state index in [9.17, 15) is 14.0 Å². The molecule has 2 aromatic rings. The third kappa shape index (κ3) is 4.37. The Balaban J connectivity index is 1.63. The average molecular weight is 361 g/mol. The first-order valence-electron chi connectivity index (χ1n) is 8.14. The van der Waals surface area contributed by atoms with Crippen molar-refractivity contribution >= 4 is 29.1 Å². The molecule has 1 heterocycles. The number of hydrogen-bond donors (Lipinski definition) is 1. The number of amides is 2. The van der Waals surface area contributed by atoms with Crippen molar-refractivity contribution < 1.29 is 14.0 Å². The smallest absolute Gasteiger partial charge is 0.253 e. The minimum atomic E-state index is -0.351. The zero-order chi connectivity index (χ0) is 17.8. The highest BCUT2D eigenvalue weighted by atomic mass is 35.5. The molecule has 1 N–H and O–H groups in total. The third-order valence-electron chi connectivity index (χ3n) is 4.28. The molecule has 1 fully saturated rings. The number of hydrogen-bond acceptors (Lipinski definition) is 2. The predicted octanol–water partition coefficient (Wildman–Crippen LogP) is 3.97. The monoisotopic (exact) mass is 360 g/mol. The zero-order valence-electron chi connectivity index (χ0n) is 13.5. The largest absolute Gasteiger partial charge is 0.338 e. The predicted molar refractivity (Wildman–Crippen MR) is 95.1 cm³/mol. The second-order valence-corrected chi connectivity index (χ2v) is 6.53. The summed E-state index contributed by atoms with van der Waals surface area (Å²) >= 11 is 5.85. The number of nitrogens with zero attached hydrogens (tertiary/aromatic N) is 1. The minimum Gasteiger partial charge on any atom is -0.338 e. The fraction of sp³-hybridized carbons (Fsp3) is 0.263. The Morgan fingerprint density at radius 2 is 1.76 bits per heavy atom. The molecule has 4 nitrogen and oxygen atoms in total. The molecule has 2 aromatic carbocycles. The lowest BCUT2D eigenvalue weighted by Crippen LogP contribution is -2.43. The van der Waals surface area contributed by atoms with Gasteiger partial charge in [0.05, 0.1) is 5.92 Å². The van der Waals surface area contributed by atoms with Gasteiger partial charge in [0.2, 0.25) is 5.91 Å². The first kappa shape index (κ1) is 17.4. The van der Waals surface area contributed by atoms with Gasteiger partial charge in [-0.1, -0.05) is 11.6 Å². The molecule has 25 heavy (non-hydrogen) atoms. The first-order valence-corrected chi connectivity index (χ1v) is 8.52. The van der Waals surface area contributed by atoms with Gasteiger partial charge in [-0.15, -0.1) is 0 Å². The molecule has 0 spiro atoms. The van der Waals surface area contributed by atoms with Gasteiger partial charge in [-0.05, 0) is 61.4 Å². The van der Waals surface area contributed by atoms with Crippen LogP contribution in [0.2, 0.25) is 5.02 Å². The van der Waals surface area contributed by atoms with E-state index in [1.54, 1.807) is 29.2 Å². The number of nitrogens with one attached hydrogen (secondary N) is 1. The van der Waals surface area contributed by atoms with Crippen molar-refractivity contribution in [3.63, 3.8) is 0 Å². The molecule has 1 aliphatic rings. The highest BCUT2D eigenvalue weighted by Crippen LogP contribution is 2.21. The number of carbonyl (C=O) groups excluding carboxylic acids is 2. The standard InChI is InChI=1S/C19H18ClFN2O2/c20-15-5-3-13(4-6-15)19(25)23-11-1-2-14(12-23)18(24)22-17-9-7-16(21)8-10-17/h3-10,14H,1-2,11-12H2,(H,22,24)/t14-/m0/s1. The summed E-state index contributed by atoms with van der Waals surface area (Å²) in [7, 11) is 0. The second kappa shape index (κ2) is 7.66. The van der Waals surface area contributed by atoms with E-state index in [4.69, 9.17) is 11.6 Å². The molecule has 0 unspecified atom stereocenters. The van der Waals surface area contributed by atoms with Crippen LogP contribution in [0.5, 0.6) is 0 Å². The van der Waals surface area contributed by atoms with Crippen LogP contribution >= 0.6 is 11.6 Å². The summed E-state index contributed by atoms with van der Waals surface area (Å²) < 4.78 is 12.9. The average Bonchev–Trinajstić information content (AvgIpc) is 2.64. The number of benzene rings is 2. The molecule has 0 saturated carbocycles. The number of likely N-dealkylation sites (tertiary alicyclic amines) is 1. The lowest BCUT2D eigenvalue weighted by molar-refractivity contribution is -0.121. The van der Waals surface area contributed by atoms with Crippen LogP contribution in [0, 0.1) is 11.7 Å². The van der Waals surface area contributed by atoms with Gasteiger partial charge < -0.3 is 10.2 Å². The molecule has 0 bridgehead atoms. The van der Waals surface area contributed by atoms with E-state index >= 15 is 0 Å². The van der Waals surface area contributed by atoms with E-state index in [2.05, 4.69) is 5.32 Å². The highest BCUT2D eigenvalue weighted by Gasteiger charge is 2.29. The molecular formula is C19H18ClFN2O2. The van der Waals surface area contributed by atoms with E-state index < -0.39 is 0 Å². The molecule has 1 atom stereocenters. The van der Waals surface area contributed by atoms with Gasteiger partial charge in [-0.25, -0.2) is 4.39 Å². The Bertz CT molecular complexity index is 762. The topological polar surface area (TPSA) is 49.4 Å². The quantitative estimate of drug-likeness (QED) is 0.900. The van der Waals surface area contributed by atoms with Crippen LogP contribution in [0.25, 0.3) is 0 Å². The molecule has 2 amide bonds. The van der Waals surface area contributed by atoms with E-state index in [1.807, 2.05) is 0 Å². The maximum atomic E-state index is 12.9. The van der Waals surface area contributed by atoms with Gasteiger partial charge in [0.25, 0.3) is 5.91 Å². The Labute approximate surface area is 150 Å². The van der Waals surface area contributed by atoms with Crippen LogP contribution in [0.4, 0.5) is 10.1 Å². The van der Waals surface area contributed by atoms with Crippen LogP contribution in [-0.2, 0) is 4.79 Å². The van der Waals surface area contributed by atoms with Crippen LogP contribution in [0.1, 0.15) is 23.2 Å². The van der Waals surface area contributed by atoms with Crippen LogP contribution in [0.15, 0.2) is 48.5 Å². The molecule has 1 aliphatic heterocycles. The van der Waals surface area contributed by atoms with Gasteiger partial charge in [0, 0.05) is 29.4 Å². The number of piperidine rings is 1. The lowest BCUT2D eigenvalue weighted by atomic mass is 9.96. The van der Waals surface area contributed by atoms with E-state index in [-0.39, 0.29) is 23.5 Å². The molecule has 6 heteroatoms. The summed E-state index contributed by atoms with van der Waals surface area (Å²) in [6.45, 7) is 0.996. The lowest BCUT2D eigenvalue weighted by Gasteiger charge is -2.32. The van der Waals surface area contributed by atoms with Crippen molar-refractivity contribution in [3.05, 3.63) is 64.9 Å². The van der Waals surface area contributed by atoms with Crippen molar-refractivity contribution in [1.82, 2.24) is 4.90 Å². The third-order valence-corrected chi connectivity index (χ3v) is 4.53. The number of carbonyl (C=O) groups is 2. The molecule has 3 rings (SSSR count). The highest BCUT2D eigenvalue weighted by molar-refractivity contribution is 6.30. The van der Waals surface area contributed by atoms with Gasteiger partial charge in [-0.3, -0.25) is 9.59 Å². The number of rotatable bonds is 3. The van der Waals surface area contributed by atoms with Crippen LogP contribution in [-0.4, -0.2) is 29.8 Å². The van der Waals surface area contributed by atoms with Crippen molar-refractivity contribution in [3.8, 4) is 0 Å². The van der Waals surface area contributed by atoms with Crippen molar-refractivity contribution in [2.75, 3.05) is 18.4 Å². The van der Waals surface area contributed by atoms with Crippen LogP contribution < -0.4 is 5.32 Å². The Morgan fingerprint density at radius 3 is 2.44 bits per heavy atom. The van der Waals surface area contributed by atoms with E-state index in [1.165, 1.54) is 24.3 Å². The SMILES string of the molecule is O=C(Nc1ccc(F)cc1)[C@H]1CCCN(C(=O)c2ccc(Cl)cc2)C1. The summed E-state index contributed by atoms with van der Waals surface area (Å²) in [6.07, 6.45) is 1.48. The Hall–Kier alpha value is -2.40. The van der Waals surface area contributed by atoms with Crippen molar-refractivity contribution in [2.24, 2.45) is 5.92 Å². The molecule has 1 saturated heterocycles. The summed E-state index contributed by atoms with van der Waals surface area (Å²) in [6, 6.07) is 12.4. The molecule has 0 aliphatic carbocycles. The normalized spacial score (nSPS) is 17.2.